The van der Waals surface area contributed by atoms with Crippen molar-refractivity contribution in [1.29, 1.82) is 0 Å². The molecule has 7 heteroatoms. The van der Waals surface area contributed by atoms with E-state index >= 15 is 0 Å². The van der Waals surface area contributed by atoms with Crippen LogP contribution in [-0.4, -0.2) is 63.0 Å². The van der Waals surface area contributed by atoms with Gasteiger partial charge < -0.3 is 11.1 Å². The van der Waals surface area contributed by atoms with Gasteiger partial charge in [0, 0.05) is 38.6 Å². The summed E-state index contributed by atoms with van der Waals surface area (Å²) in [7, 11) is -3.16. The Balaban J connectivity index is 2.31. The van der Waals surface area contributed by atoms with Crippen LogP contribution in [0.15, 0.2) is 0 Å². The Morgan fingerprint density at radius 1 is 1.47 bits per heavy atom. The van der Waals surface area contributed by atoms with Crippen LogP contribution in [0.3, 0.4) is 0 Å². The molecule has 1 fully saturated rings. The quantitative estimate of drug-likeness (QED) is 0.613. The summed E-state index contributed by atoms with van der Waals surface area (Å²) >= 11 is 0. The number of hydrogen-bond acceptors (Lipinski definition) is 5. The van der Waals surface area contributed by atoms with Gasteiger partial charge in [-0.2, -0.15) is 0 Å². The van der Waals surface area contributed by atoms with Gasteiger partial charge in [-0.05, 0) is 6.92 Å². The van der Waals surface area contributed by atoms with E-state index in [-0.39, 0.29) is 17.9 Å². The highest BCUT2D eigenvalue weighted by atomic mass is 32.2. The Hall–Kier alpha value is -0.660. The van der Waals surface area contributed by atoms with Crippen LogP contribution in [0.1, 0.15) is 13.3 Å². The van der Waals surface area contributed by atoms with Gasteiger partial charge in [0.1, 0.15) is 0 Å². The van der Waals surface area contributed by atoms with Crippen LogP contribution in [0.25, 0.3) is 0 Å². The lowest BCUT2D eigenvalue weighted by Crippen LogP contribution is -2.50. The van der Waals surface area contributed by atoms with E-state index in [9.17, 15) is 13.2 Å². The fraction of sp³-hybridized carbons (Fsp3) is 0.900. The molecule has 1 heterocycles. The van der Waals surface area contributed by atoms with Crippen molar-refractivity contribution in [1.82, 2.24) is 10.2 Å². The normalized spacial score (nSPS) is 22.5. The maximum atomic E-state index is 11.6. The maximum Gasteiger partial charge on any atom is 0.218 e. The first-order valence-electron chi connectivity index (χ1n) is 5.83. The number of nitrogens with one attached hydrogen (secondary N) is 1. The molecule has 0 aromatic rings. The molecule has 1 atom stereocenters. The molecule has 6 nitrogen and oxygen atoms in total. The Labute approximate surface area is 102 Å². The summed E-state index contributed by atoms with van der Waals surface area (Å²) in [6, 6.07) is 0.400. The summed E-state index contributed by atoms with van der Waals surface area (Å²) in [6.07, 6.45) is -0.0830. The summed E-state index contributed by atoms with van der Waals surface area (Å²) in [5.41, 5.74) is 4.93. The third kappa shape index (κ3) is 5.99. The second-order valence-electron chi connectivity index (χ2n) is 4.52. The van der Waals surface area contributed by atoms with Gasteiger partial charge in [0.05, 0.1) is 11.5 Å². The minimum Gasteiger partial charge on any atom is -0.370 e. The van der Waals surface area contributed by atoms with Crippen LogP contribution in [0, 0.1) is 0 Å². The molecule has 0 saturated carbocycles. The van der Waals surface area contributed by atoms with Gasteiger partial charge in [-0.3, -0.25) is 9.69 Å². The van der Waals surface area contributed by atoms with Gasteiger partial charge in [0.2, 0.25) is 5.91 Å². The van der Waals surface area contributed by atoms with E-state index in [1.807, 2.05) is 0 Å². The summed E-state index contributed by atoms with van der Waals surface area (Å²) in [4.78, 5) is 12.7. The molecule has 1 aliphatic rings. The number of piperazine rings is 1. The third-order valence-corrected chi connectivity index (χ3v) is 4.46. The van der Waals surface area contributed by atoms with E-state index in [1.165, 1.54) is 0 Å². The molecule has 0 bridgehead atoms. The number of sulfone groups is 1. The average Bonchev–Trinajstić information content (AvgIpc) is 2.24. The van der Waals surface area contributed by atoms with Crippen molar-refractivity contribution in [2.24, 2.45) is 5.73 Å². The lowest BCUT2D eigenvalue weighted by atomic mass is 10.2. The van der Waals surface area contributed by atoms with Gasteiger partial charge in [-0.15, -0.1) is 0 Å². The van der Waals surface area contributed by atoms with E-state index in [2.05, 4.69) is 17.1 Å². The SMILES string of the molecule is C[C@H]1CN(CCS(=O)(=O)CCC(N)=O)CCN1. The number of hydrogen-bond donors (Lipinski definition) is 2. The molecule has 1 rings (SSSR count). The largest absolute Gasteiger partial charge is 0.370 e. The molecule has 1 amide bonds. The van der Waals surface area contributed by atoms with Crippen LogP contribution < -0.4 is 11.1 Å². The number of carbonyl (C=O) groups is 1. The minimum atomic E-state index is -3.16. The predicted octanol–water partition coefficient (Wildman–Crippen LogP) is -1.43. The zero-order valence-electron chi connectivity index (χ0n) is 10.2. The summed E-state index contributed by atoms with van der Waals surface area (Å²) in [6.45, 7) is 5.24. The van der Waals surface area contributed by atoms with E-state index in [0.29, 0.717) is 12.6 Å². The molecule has 1 saturated heterocycles. The summed E-state index contributed by atoms with van der Waals surface area (Å²) in [5, 5.41) is 3.30. The van der Waals surface area contributed by atoms with Gasteiger partial charge in [-0.1, -0.05) is 0 Å². The van der Waals surface area contributed by atoms with Crippen molar-refractivity contribution in [3.63, 3.8) is 0 Å². The number of nitrogens with zero attached hydrogens (tertiary/aromatic N) is 1. The average molecular weight is 263 g/mol. The molecule has 100 valence electrons. The van der Waals surface area contributed by atoms with Crippen molar-refractivity contribution in [3.05, 3.63) is 0 Å². The Morgan fingerprint density at radius 2 is 2.18 bits per heavy atom. The summed E-state index contributed by atoms with van der Waals surface area (Å²) < 4.78 is 23.2. The molecule has 3 N–H and O–H groups in total. The molecule has 0 radical (unpaired) electrons. The number of nitrogens with two attached hydrogens (primary N) is 1. The van der Waals surface area contributed by atoms with Crippen LogP contribution >= 0.6 is 0 Å². The lowest BCUT2D eigenvalue weighted by molar-refractivity contribution is -0.117. The molecule has 0 spiro atoms. The number of rotatable bonds is 6. The third-order valence-electron chi connectivity index (χ3n) is 2.83. The fourth-order valence-corrected chi connectivity index (χ4v) is 3.09. The second-order valence-corrected chi connectivity index (χ2v) is 6.83. The molecule has 0 aliphatic carbocycles. The monoisotopic (exact) mass is 263 g/mol. The second kappa shape index (κ2) is 6.32. The van der Waals surface area contributed by atoms with Gasteiger partial charge in [0.15, 0.2) is 9.84 Å². The van der Waals surface area contributed by atoms with Crippen LogP contribution in [0.2, 0.25) is 0 Å². The van der Waals surface area contributed by atoms with Crippen LogP contribution in [0.5, 0.6) is 0 Å². The fourth-order valence-electron chi connectivity index (χ4n) is 1.84. The smallest absolute Gasteiger partial charge is 0.218 e. The number of primary amides is 1. The highest BCUT2D eigenvalue weighted by Crippen LogP contribution is 2.01. The highest BCUT2D eigenvalue weighted by Gasteiger charge is 2.18. The van der Waals surface area contributed by atoms with E-state index in [0.717, 1.165) is 19.6 Å². The Morgan fingerprint density at radius 3 is 2.76 bits per heavy atom. The molecular formula is C10H21N3O3S. The van der Waals surface area contributed by atoms with Crippen LogP contribution in [0.4, 0.5) is 0 Å². The van der Waals surface area contributed by atoms with Crippen molar-refractivity contribution in [3.8, 4) is 0 Å². The molecule has 0 unspecified atom stereocenters. The molecule has 1 aliphatic heterocycles. The van der Waals surface area contributed by atoms with E-state index < -0.39 is 15.7 Å². The molecular weight excluding hydrogens is 242 g/mol. The number of amides is 1. The van der Waals surface area contributed by atoms with Crippen molar-refractivity contribution in [2.45, 2.75) is 19.4 Å². The predicted molar refractivity (Wildman–Crippen MR) is 66.4 cm³/mol. The van der Waals surface area contributed by atoms with Crippen molar-refractivity contribution in [2.75, 3.05) is 37.7 Å². The zero-order valence-corrected chi connectivity index (χ0v) is 11.0. The topological polar surface area (TPSA) is 92.5 Å². The first-order chi connectivity index (χ1) is 7.89. The van der Waals surface area contributed by atoms with Gasteiger partial charge >= 0.3 is 0 Å². The molecule has 0 aromatic carbocycles. The van der Waals surface area contributed by atoms with Gasteiger partial charge in [0.25, 0.3) is 0 Å². The van der Waals surface area contributed by atoms with Crippen molar-refractivity contribution < 1.29 is 13.2 Å². The summed E-state index contributed by atoms with van der Waals surface area (Å²) in [5.74, 6) is -0.596. The lowest BCUT2D eigenvalue weighted by Gasteiger charge is -2.31. The standard InChI is InChI=1S/C10H21N3O3S/c1-9-8-13(4-3-12-9)5-7-17(15,16)6-2-10(11)14/h9,12H,2-8H2,1H3,(H2,11,14)/t9-/m0/s1. The van der Waals surface area contributed by atoms with E-state index in [1.54, 1.807) is 0 Å². The van der Waals surface area contributed by atoms with E-state index in [4.69, 9.17) is 5.73 Å². The Kier molecular flexibility index (Phi) is 5.35. The van der Waals surface area contributed by atoms with Crippen molar-refractivity contribution >= 4 is 15.7 Å². The Bertz CT molecular complexity index is 356. The van der Waals surface area contributed by atoms with Gasteiger partial charge in [-0.25, -0.2) is 8.42 Å². The molecule has 0 aromatic heterocycles. The number of carbonyl (C=O) groups excluding carboxylic acids is 1. The first kappa shape index (κ1) is 14.4. The van der Waals surface area contributed by atoms with Crippen LogP contribution in [-0.2, 0) is 14.6 Å². The first-order valence-corrected chi connectivity index (χ1v) is 7.65. The molecule has 17 heavy (non-hydrogen) atoms. The maximum absolute atomic E-state index is 11.6. The highest BCUT2D eigenvalue weighted by molar-refractivity contribution is 7.91. The minimum absolute atomic E-state index is 0.0830. The zero-order chi connectivity index (χ0) is 12.9.